The summed E-state index contributed by atoms with van der Waals surface area (Å²) in [5, 5.41) is 4.18. The number of nitrogens with one attached hydrogen (secondary N) is 1. The lowest BCUT2D eigenvalue weighted by molar-refractivity contribution is 0.636. The summed E-state index contributed by atoms with van der Waals surface area (Å²) >= 11 is 1.71. The van der Waals surface area contributed by atoms with Gasteiger partial charge in [-0.1, -0.05) is 20.8 Å². The maximum Gasteiger partial charge on any atom is 0.189 e. The number of aryl methyl sites for hydroxylation is 1. The molecule has 4 nitrogen and oxygen atoms in total. The molecule has 0 aliphatic carbocycles. The van der Waals surface area contributed by atoms with Crippen LogP contribution in [0.3, 0.4) is 0 Å². The number of hydrogen-bond donors (Lipinski definition) is 2. The fourth-order valence-corrected chi connectivity index (χ4v) is 2.63. The van der Waals surface area contributed by atoms with Crippen LogP contribution in [0.4, 0.5) is 0 Å². The summed E-state index contributed by atoms with van der Waals surface area (Å²) in [6.07, 6.45) is 1.03. The predicted octanol–water partition coefficient (Wildman–Crippen LogP) is 2.78. The molecule has 1 aromatic heterocycles. The maximum absolute atomic E-state index is 5.82. The highest BCUT2D eigenvalue weighted by Gasteiger charge is 2.10. The summed E-state index contributed by atoms with van der Waals surface area (Å²) in [5.74, 6) is 0.970. The standard InChI is InChI=1S/C13H24N4S/c1-6-9(4)16-13(14)15-7-11-17-12(8(2)3)10(5)18-11/h8-9H,6-7H2,1-5H3,(H3,14,15,16). The summed E-state index contributed by atoms with van der Waals surface area (Å²) in [5.41, 5.74) is 7.00. The van der Waals surface area contributed by atoms with Gasteiger partial charge < -0.3 is 11.1 Å². The summed E-state index contributed by atoms with van der Waals surface area (Å²) in [6, 6.07) is 0.359. The topological polar surface area (TPSA) is 63.3 Å². The number of thiazole rings is 1. The van der Waals surface area contributed by atoms with Crippen molar-refractivity contribution in [3.05, 3.63) is 15.6 Å². The maximum atomic E-state index is 5.82. The molecule has 1 rings (SSSR count). The highest BCUT2D eigenvalue weighted by Crippen LogP contribution is 2.24. The lowest BCUT2D eigenvalue weighted by atomic mass is 10.1. The second kappa shape index (κ2) is 6.73. The first kappa shape index (κ1) is 15.0. The summed E-state index contributed by atoms with van der Waals surface area (Å²) in [7, 11) is 0. The number of aromatic nitrogens is 1. The first-order valence-corrected chi connectivity index (χ1v) is 7.28. The van der Waals surface area contributed by atoms with Crippen LogP contribution >= 0.6 is 11.3 Å². The third-order valence-corrected chi connectivity index (χ3v) is 3.79. The van der Waals surface area contributed by atoms with E-state index in [2.05, 4.69) is 49.9 Å². The molecule has 102 valence electrons. The molecule has 0 bridgehead atoms. The third kappa shape index (κ3) is 4.29. The van der Waals surface area contributed by atoms with E-state index in [1.807, 2.05) is 0 Å². The Kier molecular flexibility index (Phi) is 5.59. The van der Waals surface area contributed by atoms with Crippen molar-refractivity contribution in [2.45, 2.75) is 59.5 Å². The van der Waals surface area contributed by atoms with Crippen LogP contribution in [-0.2, 0) is 6.54 Å². The molecule has 0 spiro atoms. The van der Waals surface area contributed by atoms with Crippen LogP contribution in [0.1, 0.15) is 55.6 Å². The third-order valence-electron chi connectivity index (χ3n) is 2.81. The first-order chi connectivity index (χ1) is 8.43. The average Bonchev–Trinajstić information content (AvgIpc) is 2.68. The molecule has 0 aliphatic heterocycles. The van der Waals surface area contributed by atoms with Gasteiger partial charge in [-0.3, -0.25) is 0 Å². The van der Waals surface area contributed by atoms with E-state index in [0.717, 1.165) is 11.4 Å². The van der Waals surface area contributed by atoms with Crippen LogP contribution in [0.2, 0.25) is 0 Å². The smallest absolute Gasteiger partial charge is 0.189 e. The van der Waals surface area contributed by atoms with Gasteiger partial charge in [0.25, 0.3) is 0 Å². The molecule has 0 saturated carbocycles. The van der Waals surface area contributed by atoms with E-state index in [-0.39, 0.29) is 0 Å². The molecule has 0 saturated heterocycles. The Balaban J connectivity index is 2.63. The van der Waals surface area contributed by atoms with E-state index in [4.69, 9.17) is 5.73 Å². The quantitative estimate of drug-likeness (QED) is 0.637. The Labute approximate surface area is 114 Å². The van der Waals surface area contributed by atoms with E-state index < -0.39 is 0 Å². The van der Waals surface area contributed by atoms with Crippen LogP contribution < -0.4 is 11.1 Å². The molecule has 1 unspecified atom stereocenters. The van der Waals surface area contributed by atoms with Crippen molar-refractivity contribution in [2.24, 2.45) is 10.7 Å². The van der Waals surface area contributed by atoms with Gasteiger partial charge in [-0.2, -0.15) is 0 Å². The van der Waals surface area contributed by atoms with Crippen LogP contribution in [0.15, 0.2) is 4.99 Å². The van der Waals surface area contributed by atoms with Crippen LogP contribution in [-0.4, -0.2) is 17.0 Å². The van der Waals surface area contributed by atoms with Crippen molar-refractivity contribution in [1.29, 1.82) is 0 Å². The van der Waals surface area contributed by atoms with Gasteiger partial charge in [0.2, 0.25) is 0 Å². The summed E-state index contributed by atoms with van der Waals surface area (Å²) in [4.78, 5) is 10.2. The van der Waals surface area contributed by atoms with Crippen molar-refractivity contribution in [1.82, 2.24) is 10.3 Å². The van der Waals surface area contributed by atoms with Crippen molar-refractivity contribution < 1.29 is 0 Å². The molecular weight excluding hydrogens is 244 g/mol. The Morgan fingerprint density at radius 3 is 2.61 bits per heavy atom. The minimum atomic E-state index is 0.359. The molecule has 3 N–H and O–H groups in total. The second-order valence-electron chi connectivity index (χ2n) is 4.86. The minimum absolute atomic E-state index is 0.359. The van der Waals surface area contributed by atoms with Gasteiger partial charge >= 0.3 is 0 Å². The number of aliphatic imine (C=N–C) groups is 1. The van der Waals surface area contributed by atoms with Crippen molar-refractivity contribution in [3.8, 4) is 0 Å². The molecule has 0 aliphatic rings. The number of rotatable bonds is 5. The number of nitrogens with zero attached hydrogens (tertiary/aromatic N) is 2. The van der Waals surface area contributed by atoms with Gasteiger partial charge in [0.15, 0.2) is 5.96 Å². The van der Waals surface area contributed by atoms with E-state index in [9.17, 15) is 0 Å². The molecular formula is C13H24N4S. The number of nitrogens with two attached hydrogens (primary N) is 1. The largest absolute Gasteiger partial charge is 0.370 e. The van der Waals surface area contributed by atoms with E-state index >= 15 is 0 Å². The molecule has 5 heteroatoms. The molecule has 0 fully saturated rings. The molecule has 1 aromatic rings. The molecule has 0 amide bonds. The monoisotopic (exact) mass is 268 g/mol. The van der Waals surface area contributed by atoms with E-state index in [0.29, 0.717) is 24.5 Å². The Bertz CT molecular complexity index is 409. The SMILES string of the molecule is CCC(C)NC(N)=NCc1nc(C(C)C)c(C)s1. The Morgan fingerprint density at radius 1 is 1.44 bits per heavy atom. The van der Waals surface area contributed by atoms with Gasteiger partial charge in [-0.05, 0) is 26.2 Å². The zero-order valence-electron chi connectivity index (χ0n) is 11.9. The highest BCUT2D eigenvalue weighted by molar-refractivity contribution is 7.11. The number of guanidine groups is 1. The van der Waals surface area contributed by atoms with Crippen LogP contribution in [0, 0.1) is 6.92 Å². The highest BCUT2D eigenvalue weighted by atomic mass is 32.1. The second-order valence-corrected chi connectivity index (χ2v) is 6.15. The van der Waals surface area contributed by atoms with Crippen molar-refractivity contribution in [3.63, 3.8) is 0 Å². The van der Waals surface area contributed by atoms with Crippen molar-refractivity contribution >= 4 is 17.3 Å². The zero-order chi connectivity index (χ0) is 13.7. The Morgan fingerprint density at radius 2 is 2.11 bits per heavy atom. The fraction of sp³-hybridized carbons (Fsp3) is 0.692. The molecule has 0 aromatic carbocycles. The molecule has 0 radical (unpaired) electrons. The van der Waals surface area contributed by atoms with Gasteiger partial charge in [-0.25, -0.2) is 9.98 Å². The van der Waals surface area contributed by atoms with E-state index in [1.54, 1.807) is 11.3 Å². The molecule has 18 heavy (non-hydrogen) atoms. The lowest BCUT2D eigenvalue weighted by Crippen LogP contribution is -2.38. The average molecular weight is 268 g/mol. The van der Waals surface area contributed by atoms with Gasteiger partial charge in [0, 0.05) is 10.9 Å². The first-order valence-electron chi connectivity index (χ1n) is 6.46. The molecule has 1 heterocycles. The van der Waals surface area contributed by atoms with Crippen LogP contribution in [0.5, 0.6) is 0 Å². The lowest BCUT2D eigenvalue weighted by Gasteiger charge is -2.11. The van der Waals surface area contributed by atoms with Crippen molar-refractivity contribution in [2.75, 3.05) is 0 Å². The Hall–Kier alpha value is -1.10. The summed E-state index contributed by atoms with van der Waals surface area (Å²) < 4.78 is 0. The fourth-order valence-electron chi connectivity index (χ4n) is 1.62. The number of hydrogen-bond acceptors (Lipinski definition) is 3. The minimum Gasteiger partial charge on any atom is -0.370 e. The van der Waals surface area contributed by atoms with Gasteiger partial charge in [-0.15, -0.1) is 11.3 Å². The van der Waals surface area contributed by atoms with E-state index in [1.165, 1.54) is 10.6 Å². The predicted molar refractivity (Wildman–Crippen MR) is 79.2 cm³/mol. The van der Waals surface area contributed by atoms with Gasteiger partial charge in [0.1, 0.15) is 5.01 Å². The molecule has 1 atom stereocenters. The normalized spacial score (nSPS) is 14.0. The zero-order valence-corrected chi connectivity index (χ0v) is 12.8. The van der Waals surface area contributed by atoms with Crippen LogP contribution in [0.25, 0.3) is 0 Å². The summed E-state index contributed by atoms with van der Waals surface area (Å²) in [6.45, 7) is 11.2. The van der Waals surface area contributed by atoms with Gasteiger partial charge in [0.05, 0.1) is 12.2 Å².